The van der Waals surface area contributed by atoms with E-state index in [1.165, 1.54) is 35.7 Å². The van der Waals surface area contributed by atoms with Gasteiger partial charge in [0.15, 0.2) is 11.6 Å². The number of carbonyl (C=O) groups excluding carboxylic acids is 1. The molecule has 1 aliphatic carbocycles. The number of oxime groups is 1. The number of hydrogen-bond acceptors (Lipinski definition) is 8. The SMILES string of the molecule is COc1cc(CN(C2CCC(C3CC(c4cc(C(N)=O)nc(C)n4)=NO3)CC2)S(N)(=O)=O)ccc1F. The zero-order valence-electron chi connectivity index (χ0n) is 20.1. The van der Waals surface area contributed by atoms with Gasteiger partial charge in [0.05, 0.1) is 12.8 Å². The van der Waals surface area contributed by atoms with E-state index in [0.717, 1.165) is 0 Å². The molecule has 4 N–H and O–H groups in total. The highest BCUT2D eigenvalue weighted by Gasteiger charge is 2.37. The van der Waals surface area contributed by atoms with E-state index in [4.69, 9.17) is 20.4 Å². The van der Waals surface area contributed by atoms with Crippen LogP contribution in [-0.2, 0) is 21.6 Å². The average Bonchev–Trinajstić information content (AvgIpc) is 3.33. The fraction of sp³-hybridized carbons (Fsp3) is 0.478. The van der Waals surface area contributed by atoms with Gasteiger partial charge >= 0.3 is 0 Å². The van der Waals surface area contributed by atoms with Crippen molar-refractivity contribution in [1.29, 1.82) is 0 Å². The number of halogens is 1. The number of hydrogen-bond donors (Lipinski definition) is 2. The number of benzene rings is 1. The smallest absolute Gasteiger partial charge is 0.277 e. The minimum absolute atomic E-state index is 0.0211. The van der Waals surface area contributed by atoms with Crippen molar-refractivity contribution < 1.29 is 27.2 Å². The van der Waals surface area contributed by atoms with Gasteiger partial charge in [0.1, 0.15) is 23.3 Å². The summed E-state index contributed by atoms with van der Waals surface area (Å²) in [6.45, 7) is 1.69. The maximum atomic E-state index is 13.8. The highest BCUT2D eigenvalue weighted by atomic mass is 32.2. The summed E-state index contributed by atoms with van der Waals surface area (Å²) in [6, 6.07) is 5.45. The van der Waals surface area contributed by atoms with Crippen molar-refractivity contribution in [2.45, 2.75) is 57.7 Å². The molecule has 1 aromatic heterocycles. The molecule has 194 valence electrons. The van der Waals surface area contributed by atoms with Crippen molar-refractivity contribution >= 4 is 21.8 Å². The first-order valence-corrected chi connectivity index (χ1v) is 13.1. The van der Waals surface area contributed by atoms with E-state index < -0.39 is 21.9 Å². The molecule has 0 radical (unpaired) electrons. The van der Waals surface area contributed by atoms with Gasteiger partial charge in [-0.2, -0.15) is 12.7 Å². The molecule has 2 aromatic rings. The third-order valence-corrected chi connectivity index (χ3v) is 7.72. The predicted octanol–water partition coefficient (Wildman–Crippen LogP) is 1.79. The molecule has 36 heavy (non-hydrogen) atoms. The Kier molecular flexibility index (Phi) is 7.52. The summed E-state index contributed by atoms with van der Waals surface area (Å²) in [5.41, 5.74) is 7.17. The zero-order valence-corrected chi connectivity index (χ0v) is 20.9. The van der Waals surface area contributed by atoms with Crippen LogP contribution in [0.25, 0.3) is 0 Å². The standard InChI is InChI=1S/C23H29FN6O5S/c1-13-27-18(10-20(28-13)23(25)31)19-11-21(35-29-19)15-4-6-16(7-5-15)30(36(26,32)33)12-14-3-8-17(24)22(9-14)34-2/h3,8-10,15-16,21H,4-7,11-12H2,1-2H3,(H2,25,31)(H2,26,32,33). The first-order valence-electron chi connectivity index (χ1n) is 11.6. The summed E-state index contributed by atoms with van der Waals surface area (Å²) in [7, 11) is -2.65. The summed E-state index contributed by atoms with van der Waals surface area (Å²) >= 11 is 0. The molecule has 1 aliphatic heterocycles. The number of aromatic nitrogens is 2. The van der Waals surface area contributed by atoms with Gasteiger partial charge < -0.3 is 15.3 Å². The van der Waals surface area contributed by atoms with E-state index in [0.29, 0.717) is 54.9 Å². The molecule has 1 atom stereocenters. The van der Waals surface area contributed by atoms with Crippen LogP contribution in [0.15, 0.2) is 29.4 Å². The number of nitrogens with two attached hydrogens (primary N) is 2. The number of carbonyl (C=O) groups is 1. The Morgan fingerprint density at radius 1 is 1.22 bits per heavy atom. The van der Waals surface area contributed by atoms with Crippen molar-refractivity contribution in [1.82, 2.24) is 14.3 Å². The molecule has 4 rings (SSSR count). The quantitative estimate of drug-likeness (QED) is 0.536. The number of nitrogens with zero attached hydrogens (tertiary/aromatic N) is 4. The van der Waals surface area contributed by atoms with Crippen LogP contribution in [0.4, 0.5) is 4.39 Å². The molecule has 0 saturated heterocycles. The summed E-state index contributed by atoms with van der Waals surface area (Å²) in [4.78, 5) is 25.6. The van der Waals surface area contributed by atoms with Gasteiger partial charge in [0.25, 0.3) is 16.1 Å². The molecule has 0 spiro atoms. The second kappa shape index (κ2) is 10.4. The number of ether oxygens (including phenoxy) is 1. The van der Waals surface area contributed by atoms with Crippen LogP contribution in [-0.4, -0.2) is 53.6 Å². The van der Waals surface area contributed by atoms with Gasteiger partial charge in [-0.05, 0) is 62.3 Å². The lowest BCUT2D eigenvalue weighted by molar-refractivity contribution is 0.0191. The minimum atomic E-state index is -4.00. The number of methoxy groups -OCH3 is 1. The lowest BCUT2D eigenvalue weighted by atomic mass is 9.81. The Morgan fingerprint density at radius 2 is 1.94 bits per heavy atom. The van der Waals surface area contributed by atoms with E-state index in [2.05, 4.69) is 15.1 Å². The topological polar surface area (TPSA) is 163 Å². The summed E-state index contributed by atoms with van der Waals surface area (Å²) in [5.74, 6) is -0.551. The lowest BCUT2D eigenvalue weighted by Gasteiger charge is -2.36. The van der Waals surface area contributed by atoms with Gasteiger partial charge in [0.2, 0.25) is 0 Å². The van der Waals surface area contributed by atoms with E-state index in [1.54, 1.807) is 6.92 Å². The Hall–Kier alpha value is -3.16. The van der Waals surface area contributed by atoms with Crippen LogP contribution in [0.1, 0.15) is 59.7 Å². The van der Waals surface area contributed by atoms with Gasteiger partial charge in [-0.25, -0.2) is 19.5 Å². The largest absolute Gasteiger partial charge is 0.494 e. The van der Waals surface area contributed by atoms with Crippen molar-refractivity contribution in [2.75, 3.05) is 7.11 Å². The maximum absolute atomic E-state index is 13.8. The van der Waals surface area contributed by atoms with Gasteiger partial charge in [0, 0.05) is 19.0 Å². The number of amides is 1. The first kappa shape index (κ1) is 25.9. The fourth-order valence-electron chi connectivity index (χ4n) is 4.81. The third-order valence-electron chi connectivity index (χ3n) is 6.63. The number of rotatable bonds is 8. The molecule has 1 unspecified atom stereocenters. The van der Waals surface area contributed by atoms with E-state index >= 15 is 0 Å². The molecule has 1 saturated carbocycles. The molecule has 2 aliphatic rings. The first-order chi connectivity index (χ1) is 17.0. The molecular weight excluding hydrogens is 491 g/mol. The molecule has 1 fully saturated rings. The molecular formula is C23H29FN6O5S. The van der Waals surface area contributed by atoms with Crippen LogP contribution in [0.3, 0.4) is 0 Å². The van der Waals surface area contributed by atoms with E-state index in [-0.39, 0.29) is 36.1 Å². The monoisotopic (exact) mass is 520 g/mol. The van der Waals surface area contributed by atoms with E-state index in [1.807, 2.05) is 0 Å². The predicted molar refractivity (Wildman–Crippen MR) is 129 cm³/mol. The van der Waals surface area contributed by atoms with Crippen molar-refractivity contribution in [2.24, 2.45) is 21.9 Å². The van der Waals surface area contributed by atoms with Crippen LogP contribution in [0.2, 0.25) is 0 Å². The Labute approximate surface area is 208 Å². The Balaban J connectivity index is 1.39. The second-order valence-electron chi connectivity index (χ2n) is 9.06. The normalized spacial score (nSPS) is 22.2. The van der Waals surface area contributed by atoms with Crippen molar-refractivity contribution in [3.8, 4) is 5.75 Å². The van der Waals surface area contributed by atoms with E-state index in [9.17, 15) is 17.6 Å². The summed E-state index contributed by atoms with van der Waals surface area (Å²) in [5, 5.41) is 9.73. The molecule has 13 heteroatoms. The maximum Gasteiger partial charge on any atom is 0.277 e. The van der Waals surface area contributed by atoms with Gasteiger partial charge in [-0.3, -0.25) is 4.79 Å². The highest BCUT2D eigenvalue weighted by molar-refractivity contribution is 7.86. The van der Waals surface area contributed by atoms with Crippen LogP contribution in [0.5, 0.6) is 5.75 Å². The Morgan fingerprint density at radius 3 is 2.58 bits per heavy atom. The van der Waals surface area contributed by atoms with Crippen molar-refractivity contribution in [3.63, 3.8) is 0 Å². The third kappa shape index (κ3) is 5.79. The van der Waals surface area contributed by atoms with Crippen LogP contribution < -0.4 is 15.6 Å². The Bertz CT molecular complexity index is 1280. The molecule has 11 nitrogen and oxygen atoms in total. The average molecular weight is 521 g/mol. The number of primary amides is 1. The molecule has 2 heterocycles. The molecule has 1 amide bonds. The highest BCUT2D eigenvalue weighted by Crippen LogP contribution is 2.36. The fourth-order valence-corrected chi connectivity index (χ4v) is 5.77. The van der Waals surface area contributed by atoms with Gasteiger partial charge in [-0.1, -0.05) is 11.2 Å². The second-order valence-corrected chi connectivity index (χ2v) is 10.6. The summed E-state index contributed by atoms with van der Waals surface area (Å²) in [6.07, 6.45) is 2.94. The molecule has 0 bridgehead atoms. The minimum Gasteiger partial charge on any atom is -0.494 e. The lowest BCUT2D eigenvalue weighted by Crippen LogP contribution is -2.46. The van der Waals surface area contributed by atoms with Crippen LogP contribution >= 0.6 is 0 Å². The molecule has 1 aromatic carbocycles. The zero-order chi connectivity index (χ0) is 26.0. The van der Waals surface area contributed by atoms with Crippen molar-refractivity contribution in [3.05, 3.63) is 52.9 Å². The number of aryl methyl sites for hydroxylation is 1. The summed E-state index contributed by atoms with van der Waals surface area (Å²) < 4.78 is 44.9. The van der Waals surface area contributed by atoms with Crippen LogP contribution in [0, 0.1) is 18.7 Å². The van der Waals surface area contributed by atoms with Gasteiger partial charge in [-0.15, -0.1) is 0 Å².